The molecule has 1 heterocycles. The van der Waals surface area contributed by atoms with E-state index in [1.807, 2.05) is 12.1 Å². The third kappa shape index (κ3) is 3.77. The molecule has 1 aromatic rings. The lowest BCUT2D eigenvalue weighted by Gasteiger charge is -2.34. The predicted molar refractivity (Wildman–Crippen MR) is 79.7 cm³/mol. The quantitative estimate of drug-likeness (QED) is 0.641. The summed E-state index contributed by atoms with van der Waals surface area (Å²) in [5, 5.41) is 14.5. The van der Waals surface area contributed by atoms with Crippen molar-refractivity contribution >= 4 is 5.69 Å². The van der Waals surface area contributed by atoms with Gasteiger partial charge in [-0.05, 0) is 32.4 Å². The van der Waals surface area contributed by atoms with Crippen LogP contribution in [-0.2, 0) is 6.54 Å². The molecule has 0 radical (unpaired) electrons. The Morgan fingerprint density at radius 1 is 1.45 bits per heavy atom. The van der Waals surface area contributed by atoms with Crippen LogP contribution in [0.3, 0.4) is 0 Å². The van der Waals surface area contributed by atoms with Gasteiger partial charge in [0.05, 0.1) is 4.92 Å². The van der Waals surface area contributed by atoms with Gasteiger partial charge >= 0.3 is 0 Å². The molecule has 1 aromatic carbocycles. The van der Waals surface area contributed by atoms with Gasteiger partial charge in [0, 0.05) is 30.8 Å². The normalized spacial score (nSPS) is 19.2. The Hall–Kier alpha value is -1.46. The fourth-order valence-corrected chi connectivity index (χ4v) is 2.86. The molecule has 20 heavy (non-hydrogen) atoms. The van der Waals surface area contributed by atoms with Gasteiger partial charge in [-0.25, -0.2) is 0 Å². The Balaban J connectivity index is 2.13. The summed E-state index contributed by atoms with van der Waals surface area (Å²) in [7, 11) is 0. The third-order valence-electron chi connectivity index (χ3n) is 3.86. The molecule has 0 saturated carbocycles. The molecule has 1 aliphatic heterocycles. The summed E-state index contributed by atoms with van der Waals surface area (Å²) in [6.45, 7) is 5.88. The van der Waals surface area contributed by atoms with Crippen molar-refractivity contribution in [3.05, 3.63) is 39.9 Å². The Morgan fingerprint density at radius 3 is 2.90 bits per heavy atom. The minimum Gasteiger partial charge on any atom is -0.315 e. The highest BCUT2D eigenvalue weighted by molar-refractivity contribution is 5.39. The van der Waals surface area contributed by atoms with E-state index in [-0.39, 0.29) is 10.6 Å². The summed E-state index contributed by atoms with van der Waals surface area (Å²) in [5.74, 6) is 0. The minimum atomic E-state index is -0.279. The molecule has 0 bridgehead atoms. The van der Waals surface area contributed by atoms with Gasteiger partial charge in [-0.1, -0.05) is 25.1 Å². The molecule has 1 fully saturated rings. The van der Waals surface area contributed by atoms with E-state index in [9.17, 15) is 10.1 Å². The minimum absolute atomic E-state index is 0.234. The van der Waals surface area contributed by atoms with Crippen LogP contribution >= 0.6 is 0 Å². The van der Waals surface area contributed by atoms with Gasteiger partial charge in [0.2, 0.25) is 0 Å². The van der Waals surface area contributed by atoms with Crippen molar-refractivity contribution in [2.45, 2.75) is 38.8 Å². The average molecular weight is 277 g/mol. The van der Waals surface area contributed by atoms with Gasteiger partial charge in [0.1, 0.15) is 0 Å². The topological polar surface area (TPSA) is 58.4 Å². The maximum absolute atomic E-state index is 11.1. The lowest BCUT2D eigenvalue weighted by atomic mass is 10.0. The van der Waals surface area contributed by atoms with E-state index in [2.05, 4.69) is 17.1 Å². The van der Waals surface area contributed by atoms with Crippen LogP contribution in [0.15, 0.2) is 24.3 Å². The second kappa shape index (κ2) is 7.36. The summed E-state index contributed by atoms with van der Waals surface area (Å²) in [6, 6.07) is 7.57. The maximum Gasteiger partial charge on any atom is 0.273 e. The van der Waals surface area contributed by atoms with Gasteiger partial charge in [0.15, 0.2) is 0 Å². The molecule has 1 unspecified atom stereocenters. The summed E-state index contributed by atoms with van der Waals surface area (Å²) in [4.78, 5) is 13.2. The standard InChI is InChI=1S/C15H23N3O2/c1-2-10-17(14-7-5-9-16-11-14)12-13-6-3-4-8-15(13)18(19)20/h3-4,6,8,14,16H,2,5,7,9-12H2,1H3. The average Bonchev–Trinajstić information content (AvgIpc) is 2.48. The molecule has 2 rings (SSSR count). The van der Waals surface area contributed by atoms with Crippen LogP contribution in [0.2, 0.25) is 0 Å². The lowest BCUT2D eigenvalue weighted by Crippen LogP contribution is -2.45. The largest absolute Gasteiger partial charge is 0.315 e. The second-order valence-corrected chi connectivity index (χ2v) is 5.36. The fourth-order valence-electron chi connectivity index (χ4n) is 2.86. The number of nitrogens with one attached hydrogen (secondary N) is 1. The number of nitrogens with zero attached hydrogens (tertiary/aromatic N) is 2. The molecule has 1 N–H and O–H groups in total. The summed E-state index contributed by atoms with van der Waals surface area (Å²) in [6.07, 6.45) is 3.42. The van der Waals surface area contributed by atoms with Crippen LogP contribution in [0.4, 0.5) is 5.69 Å². The number of piperidine rings is 1. The van der Waals surface area contributed by atoms with Crippen molar-refractivity contribution in [3.8, 4) is 0 Å². The molecule has 5 nitrogen and oxygen atoms in total. The van der Waals surface area contributed by atoms with Crippen LogP contribution in [0.1, 0.15) is 31.7 Å². The van der Waals surface area contributed by atoms with Crippen molar-refractivity contribution < 1.29 is 4.92 Å². The molecule has 1 saturated heterocycles. The molecule has 1 atom stereocenters. The van der Waals surface area contributed by atoms with Crippen LogP contribution < -0.4 is 5.32 Å². The molecule has 1 aliphatic rings. The second-order valence-electron chi connectivity index (χ2n) is 5.36. The van der Waals surface area contributed by atoms with E-state index in [0.29, 0.717) is 12.6 Å². The van der Waals surface area contributed by atoms with E-state index in [1.54, 1.807) is 12.1 Å². The zero-order chi connectivity index (χ0) is 14.4. The van der Waals surface area contributed by atoms with Crippen molar-refractivity contribution in [3.63, 3.8) is 0 Å². The SMILES string of the molecule is CCCN(Cc1ccccc1[N+](=O)[O-])C1CCCNC1. The molecular formula is C15H23N3O2. The Morgan fingerprint density at radius 2 is 2.25 bits per heavy atom. The molecule has 0 aliphatic carbocycles. The highest BCUT2D eigenvalue weighted by atomic mass is 16.6. The highest BCUT2D eigenvalue weighted by Gasteiger charge is 2.23. The number of hydrogen-bond donors (Lipinski definition) is 1. The summed E-state index contributed by atoms with van der Waals surface area (Å²) < 4.78 is 0. The molecule has 0 aromatic heterocycles. The predicted octanol–water partition coefficient (Wildman–Crippen LogP) is 2.56. The fraction of sp³-hybridized carbons (Fsp3) is 0.600. The first-order chi connectivity index (χ1) is 9.72. The number of hydrogen-bond acceptors (Lipinski definition) is 4. The summed E-state index contributed by atoms with van der Waals surface area (Å²) >= 11 is 0. The van der Waals surface area contributed by atoms with Gasteiger partial charge in [-0.15, -0.1) is 0 Å². The maximum atomic E-state index is 11.1. The number of nitro groups is 1. The van der Waals surface area contributed by atoms with Crippen LogP contribution in [0.5, 0.6) is 0 Å². The molecule has 0 amide bonds. The first-order valence-electron chi connectivity index (χ1n) is 7.39. The monoisotopic (exact) mass is 277 g/mol. The molecular weight excluding hydrogens is 254 g/mol. The third-order valence-corrected chi connectivity index (χ3v) is 3.86. The van der Waals surface area contributed by atoms with Gasteiger partial charge in [0.25, 0.3) is 5.69 Å². The first kappa shape index (κ1) is 14.9. The number of nitro benzene ring substituents is 1. The Labute approximate surface area is 120 Å². The Kier molecular flexibility index (Phi) is 5.49. The highest BCUT2D eigenvalue weighted by Crippen LogP contribution is 2.22. The van der Waals surface area contributed by atoms with Crippen LogP contribution in [0.25, 0.3) is 0 Å². The van der Waals surface area contributed by atoms with E-state index in [4.69, 9.17) is 0 Å². The van der Waals surface area contributed by atoms with Gasteiger partial charge in [-0.2, -0.15) is 0 Å². The Bertz CT molecular complexity index is 444. The molecule has 0 spiro atoms. The van der Waals surface area contributed by atoms with E-state index in [0.717, 1.165) is 31.6 Å². The molecule has 110 valence electrons. The van der Waals surface area contributed by atoms with Crippen molar-refractivity contribution in [1.29, 1.82) is 0 Å². The van der Waals surface area contributed by atoms with Crippen LogP contribution in [-0.4, -0.2) is 35.5 Å². The van der Waals surface area contributed by atoms with Crippen LogP contribution in [0, 0.1) is 10.1 Å². The first-order valence-corrected chi connectivity index (χ1v) is 7.39. The number of benzene rings is 1. The lowest BCUT2D eigenvalue weighted by molar-refractivity contribution is -0.385. The smallest absolute Gasteiger partial charge is 0.273 e. The van der Waals surface area contributed by atoms with Crippen molar-refractivity contribution in [2.24, 2.45) is 0 Å². The zero-order valence-electron chi connectivity index (χ0n) is 12.0. The number of para-hydroxylation sites is 1. The van der Waals surface area contributed by atoms with E-state index >= 15 is 0 Å². The molecule has 5 heteroatoms. The zero-order valence-corrected chi connectivity index (χ0v) is 12.0. The van der Waals surface area contributed by atoms with E-state index in [1.165, 1.54) is 12.8 Å². The van der Waals surface area contributed by atoms with Crippen molar-refractivity contribution in [2.75, 3.05) is 19.6 Å². The van der Waals surface area contributed by atoms with Gasteiger partial charge in [-0.3, -0.25) is 15.0 Å². The summed E-state index contributed by atoms with van der Waals surface area (Å²) in [5.41, 5.74) is 1.05. The number of rotatable bonds is 6. The van der Waals surface area contributed by atoms with Crippen molar-refractivity contribution in [1.82, 2.24) is 10.2 Å². The van der Waals surface area contributed by atoms with Gasteiger partial charge < -0.3 is 5.32 Å². The van der Waals surface area contributed by atoms with E-state index < -0.39 is 0 Å².